The van der Waals surface area contributed by atoms with Gasteiger partial charge in [-0.05, 0) is 32.5 Å². The van der Waals surface area contributed by atoms with Crippen molar-refractivity contribution in [3.8, 4) is 0 Å². The minimum Gasteiger partial charge on any atom is -0.394 e. The monoisotopic (exact) mass is 642 g/mol. The predicted molar refractivity (Wildman–Crippen MR) is 202 cm³/mol. The van der Waals surface area contributed by atoms with Gasteiger partial charge in [0.25, 0.3) is 0 Å². The van der Waals surface area contributed by atoms with Crippen LogP contribution in [0.5, 0.6) is 0 Å². The fraction of sp³-hybridized carbons (Fsp3) is 1.00. The van der Waals surface area contributed by atoms with Crippen molar-refractivity contribution in [2.24, 2.45) is 0 Å². The van der Waals surface area contributed by atoms with Gasteiger partial charge in [0.05, 0.1) is 13.2 Å². The molecule has 1 atom stereocenters. The molecule has 0 radical (unpaired) electrons. The maximum absolute atomic E-state index is 9.56. The molecule has 274 valence electrons. The van der Waals surface area contributed by atoms with Crippen LogP contribution >= 0.6 is 0 Å². The first-order valence-electron chi connectivity index (χ1n) is 20.7. The Kier molecular flexibility index (Phi) is 45.7. The molecule has 0 aliphatic heterocycles. The van der Waals surface area contributed by atoms with E-state index in [1.165, 1.54) is 187 Å². The Morgan fingerprint density at radius 2 is 0.689 bits per heavy atom. The molecule has 0 aliphatic carbocycles. The summed E-state index contributed by atoms with van der Waals surface area (Å²) in [6.45, 7) is 16.9. The SMILES string of the molecule is CCCCCCCCCCCCCCCCOCC(CO)OCCCCCCCCCCCCCCCC.CCN(CC)CC. The van der Waals surface area contributed by atoms with Gasteiger partial charge in [0.1, 0.15) is 6.10 Å². The van der Waals surface area contributed by atoms with Gasteiger partial charge in [-0.15, -0.1) is 0 Å². The third-order valence-electron chi connectivity index (χ3n) is 9.34. The fourth-order valence-electron chi connectivity index (χ4n) is 5.98. The smallest absolute Gasteiger partial charge is 0.104 e. The second-order valence-corrected chi connectivity index (χ2v) is 13.6. The number of unbranched alkanes of at least 4 members (excludes halogenated alkanes) is 26. The van der Waals surface area contributed by atoms with Gasteiger partial charge in [0.2, 0.25) is 0 Å². The number of ether oxygens (including phenoxy) is 2. The highest BCUT2D eigenvalue weighted by Crippen LogP contribution is 2.14. The lowest BCUT2D eigenvalue weighted by atomic mass is 10.0. The molecule has 1 N–H and O–H groups in total. The predicted octanol–water partition coefficient (Wildman–Crippen LogP) is 12.7. The summed E-state index contributed by atoms with van der Waals surface area (Å²) in [5, 5.41) is 9.56. The lowest BCUT2D eigenvalue weighted by Crippen LogP contribution is -2.24. The molecular formula is C41H87NO3. The molecule has 0 aromatic heterocycles. The standard InChI is InChI=1S/C35H72O3.C6H15N/c1-3-5-7-9-11-13-15-17-19-21-23-25-27-29-31-37-34-35(33-36)38-32-30-28-26-24-22-20-18-16-14-12-10-8-6-4-2;1-4-7(5-2)6-3/h35-36H,3-34H2,1-2H3;4-6H2,1-3H3. The summed E-state index contributed by atoms with van der Waals surface area (Å²) >= 11 is 0. The Morgan fingerprint density at radius 3 is 0.956 bits per heavy atom. The van der Waals surface area contributed by atoms with Crippen molar-refractivity contribution in [3.05, 3.63) is 0 Å². The van der Waals surface area contributed by atoms with Crippen LogP contribution in [0.3, 0.4) is 0 Å². The molecule has 0 aliphatic rings. The molecule has 0 amide bonds. The molecular weight excluding hydrogens is 554 g/mol. The third kappa shape index (κ3) is 41.8. The molecule has 0 saturated heterocycles. The Balaban J connectivity index is 0. The molecule has 45 heavy (non-hydrogen) atoms. The lowest BCUT2D eigenvalue weighted by molar-refractivity contribution is -0.0437. The van der Waals surface area contributed by atoms with E-state index in [1.807, 2.05) is 0 Å². The van der Waals surface area contributed by atoms with Crippen molar-refractivity contribution in [3.63, 3.8) is 0 Å². The Morgan fingerprint density at radius 1 is 0.400 bits per heavy atom. The Hall–Kier alpha value is -0.160. The zero-order valence-corrected chi connectivity index (χ0v) is 32.0. The number of nitrogens with zero attached hydrogens (tertiary/aromatic N) is 1. The van der Waals surface area contributed by atoms with Crippen molar-refractivity contribution in [2.75, 3.05) is 46.1 Å². The molecule has 0 spiro atoms. The largest absolute Gasteiger partial charge is 0.394 e. The van der Waals surface area contributed by atoms with Crippen LogP contribution in [0.1, 0.15) is 214 Å². The van der Waals surface area contributed by atoms with Crippen LogP contribution < -0.4 is 0 Å². The van der Waals surface area contributed by atoms with E-state index >= 15 is 0 Å². The van der Waals surface area contributed by atoms with E-state index in [-0.39, 0.29) is 12.7 Å². The molecule has 1 unspecified atom stereocenters. The number of hydrogen-bond acceptors (Lipinski definition) is 4. The second-order valence-electron chi connectivity index (χ2n) is 13.6. The van der Waals surface area contributed by atoms with Crippen LogP contribution in [0, 0.1) is 0 Å². The van der Waals surface area contributed by atoms with E-state index in [2.05, 4.69) is 39.5 Å². The van der Waals surface area contributed by atoms with E-state index in [4.69, 9.17) is 9.47 Å². The van der Waals surface area contributed by atoms with Crippen LogP contribution in [0.15, 0.2) is 0 Å². The van der Waals surface area contributed by atoms with Gasteiger partial charge >= 0.3 is 0 Å². The number of aliphatic hydroxyl groups is 1. The van der Waals surface area contributed by atoms with Crippen LogP contribution in [0.4, 0.5) is 0 Å². The average molecular weight is 642 g/mol. The van der Waals surface area contributed by atoms with E-state index in [0.29, 0.717) is 6.61 Å². The van der Waals surface area contributed by atoms with E-state index < -0.39 is 0 Å². The van der Waals surface area contributed by atoms with Gasteiger partial charge in [0.15, 0.2) is 0 Å². The van der Waals surface area contributed by atoms with Crippen molar-refractivity contribution >= 4 is 0 Å². The van der Waals surface area contributed by atoms with Crippen LogP contribution in [-0.2, 0) is 9.47 Å². The highest BCUT2D eigenvalue weighted by atomic mass is 16.5. The summed E-state index contributed by atoms with van der Waals surface area (Å²) in [6, 6.07) is 0. The first kappa shape index (κ1) is 47.0. The van der Waals surface area contributed by atoms with Crippen LogP contribution in [-0.4, -0.2) is 62.2 Å². The molecule has 0 saturated carbocycles. The van der Waals surface area contributed by atoms with Crippen molar-refractivity contribution in [1.82, 2.24) is 4.90 Å². The normalized spacial score (nSPS) is 12.1. The van der Waals surface area contributed by atoms with Gasteiger partial charge in [-0.3, -0.25) is 0 Å². The van der Waals surface area contributed by atoms with Gasteiger partial charge in [-0.2, -0.15) is 0 Å². The summed E-state index contributed by atoms with van der Waals surface area (Å²) in [6.07, 6.45) is 38.4. The Labute approximate surface area is 285 Å². The molecule has 0 aromatic rings. The minimum atomic E-state index is -0.149. The van der Waals surface area contributed by atoms with E-state index in [1.54, 1.807) is 0 Å². The highest BCUT2D eigenvalue weighted by Gasteiger charge is 2.07. The van der Waals surface area contributed by atoms with E-state index in [9.17, 15) is 5.11 Å². The Bertz CT molecular complexity index is 480. The first-order valence-corrected chi connectivity index (χ1v) is 20.7. The van der Waals surface area contributed by atoms with E-state index in [0.717, 1.165) is 26.1 Å². The summed E-state index contributed by atoms with van der Waals surface area (Å²) in [4.78, 5) is 2.38. The van der Waals surface area contributed by atoms with Gasteiger partial charge in [-0.1, -0.05) is 202 Å². The number of aliphatic hydroxyl groups excluding tert-OH is 1. The summed E-state index contributed by atoms with van der Waals surface area (Å²) in [5.41, 5.74) is 0. The molecule has 0 rings (SSSR count). The molecule has 4 heteroatoms. The number of rotatable bonds is 37. The molecule has 4 nitrogen and oxygen atoms in total. The highest BCUT2D eigenvalue weighted by molar-refractivity contribution is 4.56. The summed E-state index contributed by atoms with van der Waals surface area (Å²) in [7, 11) is 0. The molecule has 0 heterocycles. The van der Waals surface area contributed by atoms with Crippen molar-refractivity contribution in [1.29, 1.82) is 0 Å². The average Bonchev–Trinajstić information content (AvgIpc) is 3.06. The maximum atomic E-state index is 9.56. The lowest BCUT2D eigenvalue weighted by Gasteiger charge is -2.15. The molecule has 0 bridgehead atoms. The van der Waals surface area contributed by atoms with Gasteiger partial charge in [0, 0.05) is 13.2 Å². The zero-order chi connectivity index (χ0) is 33.3. The maximum Gasteiger partial charge on any atom is 0.104 e. The number of hydrogen-bond donors (Lipinski definition) is 1. The van der Waals surface area contributed by atoms with Gasteiger partial charge in [-0.25, -0.2) is 0 Å². The topological polar surface area (TPSA) is 41.9 Å². The second kappa shape index (κ2) is 43.8. The van der Waals surface area contributed by atoms with Crippen LogP contribution in [0.25, 0.3) is 0 Å². The minimum absolute atomic E-state index is 0.0668. The third-order valence-corrected chi connectivity index (χ3v) is 9.34. The van der Waals surface area contributed by atoms with Crippen molar-refractivity contribution < 1.29 is 14.6 Å². The van der Waals surface area contributed by atoms with Crippen molar-refractivity contribution in [2.45, 2.75) is 221 Å². The fourth-order valence-corrected chi connectivity index (χ4v) is 5.98. The molecule has 0 fully saturated rings. The van der Waals surface area contributed by atoms with Gasteiger partial charge < -0.3 is 19.5 Å². The zero-order valence-electron chi connectivity index (χ0n) is 32.0. The summed E-state index contributed by atoms with van der Waals surface area (Å²) < 4.78 is 11.6. The summed E-state index contributed by atoms with van der Waals surface area (Å²) in [5.74, 6) is 0. The quantitative estimate of drug-likeness (QED) is 0.0685. The van der Waals surface area contributed by atoms with Crippen LogP contribution in [0.2, 0.25) is 0 Å². The first-order chi connectivity index (χ1) is 22.2. The molecule has 0 aromatic carbocycles.